The van der Waals surface area contributed by atoms with E-state index in [1.807, 2.05) is 19.0 Å². The van der Waals surface area contributed by atoms with Crippen molar-refractivity contribution in [2.75, 3.05) is 47.1 Å². The van der Waals surface area contributed by atoms with Crippen LogP contribution in [-0.4, -0.2) is 82.1 Å². The van der Waals surface area contributed by atoms with Gasteiger partial charge in [-0.2, -0.15) is 0 Å². The lowest BCUT2D eigenvalue weighted by molar-refractivity contribution is -0.153. The maximum Gasteiger partial charge on any atom is 0.508 e. The summed E-state index contributed by atoms with van der Waals surface area (Å²) < 4.78 is 28.1. The summed E-state index contributed by atoms with van der Waals surface area (Å²) in [6.45, 7) is 7.71. The summed E-state index contributed by atoms with van der Waals surface area (Å²) in [5.41, 5.74) is 0. The van der Waals surface area contributed by atoms with E-state index in [0.717, 1.165) is 116 Å². The van der Waals surface area contributed by atoms with E-state index < -0.39 is 24.1 Å². The summed E-state index contributed by atoms with van der Waals surface area (Å²) in [4.78, 5) is 53.4. The Morgan fingerprint density at radius 2 is 0.750 bits per heavy atom. The fourth-order valence-electron chi connectivity index (χ4n) is 8.26. The van der Waals surface area contributed by atoms with Crippen LogP contribution in [0.25, 0.3) is 0 Å². The largest absolute Gasteiger partial charge is 0.508 e. The minimum absolute atomic E-state index is 0.00646. The third-order valence-corrected chi connectivity index (χ3v) is 12.9. The van der Waals surface area contributed by atoms with Crippen molar-refractivity contribution in [3.63, 3.8) is 0 Å². The highest BCUT2D eigenvalue weighted by Crippen LogP contribution is 2.18. The second-order valence-corrected chi connectivity index (χ2v) is 20.4. The van der Waals surface area contributed by atoms with Crippen LogP contribution in [0.1, 0.15) is 265 Å². The molecule has 1 atom stereocenters. The van der Waals surface area contributed by atoms with Gasteiger partial charge in [-0.1, -0.05) is 191 Å². The molecular formula is C62H111NO9. The molecule has 0 aromatic carbocycles. The molecule has 72 heavy (non-hydrogen) atoms. The van der Waals surface area contributed by atoms with E-state index >= 15 is 0 Å². The number of nitrogens with zero attached hydrogens (tertiary/aromatic N) is 1. The summed E-state index contributed by atoms with van der Waals surface area (Å²) in [7, 11) is 3.95. The molecule has 10 nitrogen and oxygen atoms in total. The topological polar surface area (TPSA) is 118 Å². The minimum atomic E-state index is -0.706. The second-order valence-electron chi connectivity index (χ2n) is 20.4. The van der Waals surface area contributed by atoms with E-state index in [-0.39, 0.29) is 44.8 Å². The monoisotopic (exact) mass is 1010 g/mol. The Bertz CT molecular complexity index is 1300. The molecule has 0 radical (unpaired) electrons. The molecule has 0 spiro atoms. The summed E-state index contributed by atoms with van der Waals surface area (Å²) >= 11 is 0. The predicted molar refractivity (Wildman–Crippen MR) is 300 cm³/mol. The van der Waals surface area contributed by atoms with Gasteiger partial charge < -0.3 is 28.6 Å². The molecule has 0 aliphatic heterocycles. The van der Waals surface area contributed by atoms with Gasteiger partial charge in [0.2, 0.25) is 0 Å². The standard InChI is InChI=1S/C62H111NO9/c1-6-9-12-15-18-21-24-26-28-30-32-35-38-41-44-48-59(64)69-54-57(55-70-60(65)49-45-42-39-36-33-31-29-27-25-22-19-16-13-10-7-2)56-71-61(66)51-50-58(72-62(67)68-53-46-52-63(4)5)47-43-40-37-34-23-20-17-14-11-8-3/h18-19,21-22,26-29,57-58H,6-17,20,23-25,30-56H2,1-5H3/b21-18-,22-19-,28-26-,29-27-. The Morgan fingerprint density at radius 1 is 0.389 bits per heavy atom. The van der Waals surface area contributed by atoms with Crippen molar-refractivity contribution in [2.24, 2.45) is 5.92 Å². The molecular weight excluding hydrogens is 903 g/mol. The molecule has 0 aliphatic rings. The number of allylic oxidation sites excluding steroid dienone is 8. The lowest BCUT2D eigenvalue weighted by Crippen LogP contribution is -2.27. The Morgan fingerprint density at radius 3 is 1.18 bits per heavy atom. The van der Waals surface area contributed by atoms with Crippen LogP contribution in [0.3, 0.4) is 0 Å². The van der Waals surface area contributed by atoms with E-state index in [4.69, 9.17) is 23.7 Å². The van der Waals surface area contributed by atoms with E-state index in [0.29, 0.717) is 32.1 Å². The van der Waals surface area contributed by atoms with Crippen molar-refractivity contribution in [1.29, 1.82) is 0 Å². The van der Waals surface area contributed by atoms with Gasteiger partial charge in [-0.3, -0.25) is 14.4 Å². The lowest BCUT2D eigenvalue weighted by Gasteiger charge is -2.19. The van der Waals surface area contributed by atoms with Gasteiger partial charge in [0.1, 0.15) is 25.9 Å². The van der Waals surface area contributed by atoms with Crippen molar-refractivity contribution < 1.29 is 42.9 Å². The molecule has 0 aliphatic carbocycles. The lowest BCUT2D eigenvalue weighted by atomic mass is 10.0. The van der Waals surface area contributed by atoms with Crippen molar-refractivity contribution >= 4 is 24.1 Å². The van der Waals surface area contributed by atoms with Gasteiger partial charge in [0.15, 0.2) is 0 Å². The molecule has 10 heteroatoms. The Kier molecular flexibility index (Phi) is 52.7. The number of rotatable bonds is 53. The Hall–Kier alpha value is -3.40. The van der Waals surface area contributed by atoms with Crippen molar-refractivity contribution in [3.05, 3.63) is 48.6 Å². The van der Waals surface area contributed by atoms with Crippen LogP contribution in [0.2, 0.25) is 0 Å². The highest BCUT2D eigenvalue weighted by atomic mass is 16.7. The molecule has 1 unspecified atom stereocenters. The molecule has 0 saturated carbocycles. The average Bonchev–Trinajstić information content (AvgIpc) is 3.36. The van der Waals surface area contributed by atoms with Gasteiger partial charge in [-0.25, -0.2) is 4.79 Å². The number of hydrogen-bond acceptors (Lipinski definition) is 10. The molecule has 0 N–H and O–H groups in total. The molecule has 0 bridgehead atoms. The highest BCUT2D eigenvalue weighted by molar-refractivity contribution is 5.70. The maximum atomic E-state index is 13.1. The zero-order valence-electron chi connectivity index (χ0n) is 47.3. The van der Waals surface area contributed by atoms with Crippen molar-refractivity contribution in [1.82, 2.24) is 4.90 Å². The molecule has 0 aromatic rings. The zero-order chi connectivity index (χ0) is 52.6. The van der Waals surface area contributed by atoms with Crippen LogP contribution in [0.15, 0.2) is 48.6 Å². The fourth-order valence-corrected chi connectivity index (χ4v) is 8.26. The van der Waals surface area contributed by atoms with Crippen LogP contribution in [0.4, 0.5) is 4.79 Å². The van der Waals surface area contributed by atoms with E-state index in [2.05, 4.69) is 69.4 Å². The minimum Gasteiger partial charge on any atom is -0.465 e. The zero-order valence-corrected chi connectivity index (χ0v) is 47.3. The summed E-state index contributed by atoms with van der Waals surface area (Å²) in [5, 5.41) is 0. The molecule has 0 saturated heterocycles. The molecule has 0 heterocycles. The molecule has 0 fully saturated rings. The summed E-state index contributed by atoms with van der Waals surface area (Å²) in [6.07, 6.45) is 55.7. The fraction of sp³-hybridized carbons (Fsp3) is 0.806. The van der Waals surface area contributed by atoms with E-state index in [1.54, 1.807) is 0 Å². The highest BCUT2D eigenvalue weighted by Gasteiger charge is 2.21. The van der Waals surface area contributed by atoms with Gasteiger partial charge in [0, 0.05) is 25.8 Å². The van der Waals surface area contributed by atoms with Crippen LogP contribution < -0.4 is 0 Å². The van der Waals surface area contributed by atoms with Crippen molar-refractivity contribution in [3.8, 4) is 0 Å². The molecule has 0 amide bonds. The van der Waals surface area contributed by atoms with E-state index in [1.165, 1.54) is 96.3 Å². The smallest absolute Gasteiger partial charge is 0.465 e. The van der Waals surface area contributed by atoms with Crippen molar-refractivity contribution in [2.45, 2.75) is 271 Å². The van der Waals surface area contributed by atoms with Crippen LogP contribution in [0, 0.1) is 5.92 Å². The number of carbonyl (C=O) groups excluding carboxylic acids is 4. The molecule has 418 valence electrons. The quantitative estimate of drug-likeness (QED) is 0.0252. The molecule has 0 rings (SSSR count). The predicted octanol–water partition coefficient (Wildman–Crippen LogP) is 17.4. The maximum absolute atomic E-state index is 13.1. The van der Waals surface area contributed by atoms with Gasteiger partial charge >= 0.3 is 24.1 Å². The first-order valence-corrected chi connectivity index (χ1v) is 29.8. The first kappa shape index (κ1) is 68.6. The Labute approximate surface area is 442 Å². The average molecular weight is 1010 g/mol. The van der Waals surface area contributed by atoms with Gasteiger partial charge in [-0.15, -0.1) is 0 Å². The number of hydrogen-bond donors (Lipinski definition) is 0. The van der Waals surface area contributed by atoms with Gasteiger partial charge in [0.25, 0.3) is 0 Å². The third kappa shape index (κ3) is 52.9. The SMILES string of the molecule is CCCCC/C=C\C/C=C\CCCCCCCC(=O)OCC(COC(=O)CCCCCCC/C=C\C/C=C\CCCCC)COC(=O)CCC(CCCCCCCCCCCC)OC(=O)OCCCN(C)C. The van der Waals surface area contributed by atoms with Crippen LogP contribution in [0.5, 0.6) is 0 Å². The Balaban J connectivity index is 5.02. The summed E-state index contributed by atoms with van der Waals surface area (Å²) in [5.74, 6) is -1.53. The normalized spacial score (nSPS) is 12.3. The van der Waals surface area contributed by atoms with Crippen LogP contribution >= 0.6 is 0 Å². The van der Waals surface area contributed by atoms with Gasteiger partial charge in [0.05, 0.1) is 12.5 Å². The van der Waals surface area contributed by atoms with E-state index in [9.17, 15) is 19.2 Å². The number of ether oxygens (including phenoxy) is 5. The third-order valence-electron chi connectivity index (χ3n) is 12.9. The second kappa shape index (κ2) is 55.4. The van der Waals surface area contributed by atoms with Gasteiger partial charge in [-0.05, 0) is 117 Å². The first-order chi connectivity index (χ1) is 35.2. The number of esters is 3. The first-order valence-electron chi connectivity index (χ1n) is 29.8. The number of carbonyl (C=O) groups is 4. The van der Waals surface area contributed by atoms with Crippen LogP contribution in [-0.2, 0) is 38.1 Å². The number of unbranched alkanes of at least 4 members (excludes halogenated alkanes) is 25. The summed E-state index contributed by atoms with van der Waals surface area (Å²) in [6, 6.07) is 0. The molecule has 0 aromatic heterocycles.